The number of hydrazone groups is 1. The molecular formula is C15H23N3O2S. The van der Waals surface area contributed by atoms with Crippen LogP contribution >= 0.6 is 0 Å². The second kappa shape index (κ2) is 6.58. The molecule has 1 saturated heterocycles. The van der Waals surface area contributed by atoms with Crippen molar-refractivity contribution in [2.24, 2.45) is 5.10 Å². The molecule has 6 heteroatoms. The van der Waals surface area contributed by atoms with Crippen LogP contribution in [0.15, 0.2) is 34.3 Å². The highest BCUT2D eigenvalue weighted by Crippen LogP contribution is 2.15. The van der Waals surface area contributed by atoms with Crippen LogP contribution in [0.2, 0.25) is 0 Å². The first-order chi connectivity index (χ1) is 9.91. The van der Waals surface area contributed by atoms with Gasteiger partial charge in [0.15, 0.2) is 0 Å². The Kier molecular flexibility index (Phi) is 5.00. The number of piperidine rings is 1. The standard InChI is InChI=1S/C15H23N3O2S/c1-13(16-18-11-5-4-6-12-18)14-7-9-15(10-8-14)21(19,20)17(2)3/h7-10H,4-6,11-12H2,1-3H3/b16-13+. The van der Waals surface area contributed by atoms with Crippen LogP contribution in [0, 0.1) is 0 Å². The zero-order valence-electron chi connectivity index (χ0n) is 12.9. The lowest BCUT2D eigenvalue weighted by Gasteiger charge is -2.24. The van der Waals surface area contributed by atoms with E-state index in [1.54, 1.807) is 12.1 Å². The highest BCUT2D eigenvalue weighted by molar-refractivity contribution is 7.89. The van der Waals surface area contributed by atoms with Crippen LogP contribution in [0.5, 0.6) is 0 Å². The van der Waals surface area contributed by atoms with Crippen LogP contribution in [0.3, 0.4) is 0 Å². The van der Waals surface area contributed by atoms with E-state index in [0.717, 1.165) is 24.4 Å². The molecule has 0 aliphatic carbocycles. The van der Waals surface area contributed by atoms with Crippen LogP contribution < -0.4 is 0 Å². The van der Waals surface area contributed by atoms with Crippen molar-refractivity contribution < 1.29 is 8.42 Å². The number of nitrogens with zero attached hydrogens (tertiary/aromatic N) is 3. The molecule has 21 heavy (non-hydrogen) atoms. The topological polar surface area (TPSA) is 53.0 Å². The first-order valence-electron chi connectivity index (χ1n) is 7.24. The van der Waals surface area contributed by atoms with Gasteiger partial charge in [-0.3, -0.25) is 5.01 Å². The minimum Gasteiger partial charge on any atom is -0.297 e. The zero-order valence-corrected chi connectivity index (χ0v) is 13.7. The van der Waals surface area contributed by atoms with Gasteiger partial charge in [0.1, 0.15) is 0 Å². The average molecular weight is 309 g/mol. The lowest BCUT2D eigenvalue weighted by atomic mass is 10.1. The van der Waals surface area contributed by atoms with Gasteiger partial charge in [-0.1, -0.05) is 12.1 Å². The summed E-state index contributed by atoms with van der Waals surface area (Å²) in [5.74, 6) is 0. The van der Waals surface area contributed by atoms with Crippen molar-refractivity contribution in [3.8, 4) is 0 Å². The maximum Gasteiger partial charge on any atom is 0.242 e. The molecule has 2 rings (SSSR count). The molecule has 5 nitrogen and oxygen atoms in total. The normalized spacial score (nSPS) is 17.3. The maximum absolute atomic E-state index is 12.0. The molecule has 0 spiro atoms. The monoisotopic (exact) mass is 309 g/mol. The van der Waals surface area contributed by atoms with Gasteiger partial charge in [-0.15, -0.1) is 0 Å². The van der Waals surface area contributed by atoms with Crippen molar-refractivity contribution in [2.75, 3.05) is 27.2 Å². The number of benzene rings is 1. The lowest BCUT2D eigenvalue weighted by molar-refractivity contribution is 0.239. The Labute approximate surface area is 127 Å². The summed E-state index contributed by atoms with van der Waals surface area (Å²) >= 11 is 0. The van der Waals surface area contributed by atoms with Crippen molar-refractivity contribution in [3.05, 3.63) is 29.8 Å². The molecule has 0 radical (unpaired) electrons. The summed E-state index contributed by atoms with van der Waals surface area (Å²) in [6, 6.07) is 6.91. The van der Waals surface area contributed by atoms with E-state index in [-0.39, 0.29) is 0 Å². The molecule has 1 heterocycles. The molecule has 0 saturated carbocycles. The number of rotatable bonds is 4. The van der Waals surface area contributed by atoms with Crippen LogP contribution in [-0.4, -0.2) is 50.6 Å². The second-order valence-electron chi connectivity index (χ2n) is 5.51. The van der Waals surface area contributed by atoms with E-state index in [4.69, 9.17) is 0 Å². The summed E-state index contributed by atoms with van der Waals surface area (Å²) in [6.07, 6.45) is 3.66. The summed E-state index contributed by atoms with van der Waals surface area (Å²) in [6.45, 7) is 3.97. The highest BCUT2D eigenvalue weighted by Gasteiger charge is 2.17. The summed E-state index contributed by atoms with van der Waals surface area (Å²) < 4.78 is 25.3. The number of hydrogen-bond acceptors (Lipinski definition) is 4. The zero-order chi connectivity index (χ0) is 15.5. The molecule has 1 aromatic rings. The molecule has 1 aromatic carbocycles. The van der Waals surface area contributed by atoms with Crippen molar-refractivity contribution in [2.45, 2.75) is 31.1 Å². The van der Waals surface area contributed by atoms with Crippen molar-refractivity contribution in [1.82, 2.24) is 9.31 Å². The Morgan fingerprint density at radius 1 is 1.10 bits per heavy atom. The van der Waals surface area contributed by atoms with Gasteiger partial charge in [0.25, 0.3) is 0 Å². The first kappa shape index (κ1) is 16.0. The SMILES string of the molecule is C/C(=N\N1CCCCC1)c1ccc(S(=O)(=O)N(C)C)cc1. The minimum atomic E-state index is -3.36. The van der Waals surface area contributed by atoms with E-state index in [1.807, 2.05) is 19.1 Å². The third-order valence-corrected chi connectivity index (χ3v) is 5.50. The maximum atomic E-state index is 12.0. The molecule has 0 unspecified atom stereocenters. The minimum absolute atomic E-state index is 0.307. The Bertz CT molecular complexity index is 600. The quantitative estimate of drug-likeness (QED) is 0.801. The Balaban J connectivity index is 2.16. The molecule has 1 aliphatic heterocycles. The van der Waals surface area contributed by atoms with Gasteiger partial charge in [-0.25, -0.2) is 12.7 Å². The van der Waals surface area contributed by atoms with Crippen molar-refractivity contribution >= 4 is 15.7 Å². The van der Waals surface area contributed by atoms with Crippen molar-refractivity contribution in [1.29, 1.82) is 0 Å². The van der Waals surface area contributed by atoms with Gasteiger partial charge in [-0.2, -0.15) is 5.10 Å². The van der Waals surface area contributed by atoms with Gasteiger partial charge >= 0.3 is 0 Å². The predicted molar refractivity (Wildman–Crippen MR) is 84.9 cm³/mol. The van der Waals surface area contributed by atoms with E-state index in [9.17, 15) is 8.42 Å². The second-order valence-corrected chi connectivity index (χ2v) is 7.66. The number of sulfonamides is 1. The highest BCUT2D eigenvalue weighted by atomic mass is 32.2. The third kappa shape index (κ3) is 3.83. The molecule has 1 aliphatic rings. The molecule has 116 valence electrons. The summed E-state index contributed by atoms with van der Waals surface area (Å²) in [7, 11) is -0.295. The molecule has 0 amide bonds. The average Bonchev–Trinajstić information content (AvgIpc) is 2.48. The summed E-state index contributed by atoms with van der Waals surface area (Å²) in [5.41, 5.74) is 1.88. The van der Waals surface area contributed by atoms with Crippen LogP contribution in [0.1, 0.15) is 31.7 Å². The molecule has 0 N–H and O–H groups in total. The fourth-order valence-corrected chi connectivity index (χ4v) is 3.23. The summed E-state index contributed by atoms with van der Waals surface area (Å²) in [5, 5.41) is 6.72. The molecule has 1 fully saturated rings. The van der Waals surface area contributed by atoms with Gasteiger partial charge in [0.05, 0.1) is 10.6 Å². The van der Waals surface area contributed by atoms with Gasteiger partial charge in [-0.05, 0) is 43.9 Å². The van der Waals surface area contributed by atoms with Crippen LogP contribution in [0.4, 0.5) is 0 Å². The van der Waals surface area contributed by atoms with Crippen LogP contribution in [0.25, 0.3) is 0 Å². The van der Waals surface area contributed by atoms with E-state index in [2.05, 4.69) is 10.1 Å². The van der Waals surface area contributed by atoms with Gasteiger partial charge < -0.3 is 0 Å². The Morgan fingerprint density at radius 3 is 2.19 bits per heavy atom. The number of hydrogen-bond donors (Lipinski definition) is 0. The predicted octanol–water partition coefficient (Wildman–Crippen LogP) is 2.15. The fourth-order valence-electron chi connectivity index (χ4n) is 2.33. The molecule has 0 bridgehead atoms. The lowest BCUT2D eigenvalue weighted by Crippen LogP contribution is -2.25. The third-order valence-electron chi connectivity index (χ3n) is 3.67. The van der Waals surface area contributed by atoms with E-state index >= 15 is 0 Å². The fraction of sp³-hybridized carbons (Fsp3) is 0.533. The van der Waals surface area contributed by atoms with E-state index in [1.165, 1.54) is 37.7 Å². The van der Waals surface area contributed by atoms with E-state index < -0.39 is 10.0 Å². The summed E-state index contributed by atoms with van der Waals surface area (Å²) in [4.78, 5) is 0.307. The van der Waals surface area contributed by atoms with Crippen molar-refractivity contribution in [3.63, 3.8) is 0 Å². The molecule has 0 aromatic heterocycles. The molecule has 0 atom stereocenters. The molecular weight excluding hydrogens is 286 g/mol. The largest absolute Gasteiger partial charge is 0.297 e. The Morgan fingerprint density at radius 2 is 1.67 bits per heavy atom. The van der Waals surface area contributed by atoms with Gasteiger partial charge in [0, 0.05) is 27.2 Å². The van der Waals surface area contributed by atoms with Gasteiger partial charge in [0.2, 0.25) is 10.0 Å². The van der Waals surface area contributed by atoms with Crippen LogP contribution in [-0.2, 0) is 10.0 Å². The first-order valence-corrected chi connectivity index (χ1v) is 8.68. The van der Waals surface area contributed by atoms with E-state index in [0.29, 0.717) is 4.90 Å². The Hall–Kier alpha value is -1.40. The smallest absolute Gasteiger partial charge is 0.242 e.